The minimum Gasteiger partial charge on any atom is -0.378 e. The van der Waals surface area contributed by atoms with E-state index in [4.69, 9.17) is 15.5 Å². The monoisotopic (exact) mass is 543 g/mol. The molecule has 1 saturated heterocycles. The lowest BCUT2D eigenvalue weighted by Crippen LogP contribution is -2.48. The number of carbonyl (C=O) groups excluding carboxylic acids is 1. The van der Waals surface area contributed by atoms with Gasteiger partial charge in [-0.25, -0.2) is 4.39 Å². The Balaban J connectivity index is 1.48. The number of hydrogen-bond donors (Lipinski definition) is 1. The van der Waals surface area contributed by atoms with Crippen LogP contribution in [0.2, 0.25) is 0 Å². The molecule has 2 aromatic rings. The summed E-state index contributed by atoms with van der Waals surface area (Å²) >= 11 is 0. The van der Waals surface area contributed by atoms with Gasteiger partial charge in [-0.3, -0.25) is 19.3 Å². The summed E-state index contributed by atoms with van der Waals surface area (Å²) in [6.07, 6.45) is 3.44. The maximum absolute atomic E-state index is 13.8. The molecule has 2 aliphatic rings. The van der Waals surface area contributed by atoms with E-state index in [1.54, 1.807) is 12.1 Å². The van der Waals surface area contributed by atoms with E-state index in [0.29, 0.717) is 46.7 Å². The Morgan fingerprint density at radius 2 is 2.00 bits per heavy atom. The third-order valence-corrected chi connectivity index (χ3v) is 8.75. The maximum atomic E-state index is 13.8. The molecule has 1 aromatic carbocycles. The third kappa shape index (κ3) is 7.16. The van der Waals surface area contributed by atoms with Crippen molar-refractivity contribution in [2.45, 2.75) is 58.5 Å². The number of halogens is 1. The van der Waals surface area contributed by atoms with Crippen LogP contribution in [0.3, 0.4) is 0 Å². The summed E-state index contributed by atoms with van der Waals surface area (Å²) in [5.74, 6) is 0.349. The number of hydrogen-bond acceptors (Lipinski definition) is 6. The van der Waals surface area contributed by atoms with E-state index in [9.17, 15) is 9.18 Å². The molecule has 0 spiro atoms. The van der Waals surface area contributed by atoms with Gasteiger partial charge in [-0.1, -0.05) is 39.8 Å². The number of nitrogens with zero attached hydrogens (tertiary/aromatic N) is 4. The minimum atomic E-state index is -0.246. The number of aromatic nitrogens is 1. The van der Waals surface area contributed by atoms with Crippen LogP contribution in [0.1, 0.15) is 51.4 Å². The average Bonchev–Trinajstić information content (AvgIpc) is 3.14. The second-order valence-corrected chi connectivity index (χ2v) is 13.0. The molecule has 1 unspecified atom stereocenters. The summed E-state index contributed by atoms with van der Waals surface area (Å²) in [6.45, 7) is 14.8. The highest BCUT2D eigenvalue weighted by atomic mass is 31.1. The summed E-state index contributed by atoms with van der Waals surface area (Å²) in [5.41, 5.74) is 9.82. The molecule has 4 rings (SSSR count). The van der Waals surface area contributed by atoms with Crippen LogP contribution in [-0.2, 0) is 21.4 Å². The second-order valence-electron chi connectivity index (χ2n) is 11.8. The zero-order chi connectivity index (χ0) is 27.4. The van der Waals surface area contributed by atoms with E-state index in [1.165, 1.54) is 12.1 Å². The molecule has 9 heteroatoms. The van der Waals surface area contributed by atoms with Gasteiger partial charge in [-0.15, -0.1) is 0 Å². The van der Waals surface area contributed by atoms with Crippen LogP contribution in [0.5, 0.6) is 0 Å². The van der Waals surface area contributed by atoms with E-state index in [0.717, 1.165) is 48.6 Å². The van der Waals surface area contributed by atoms with Gasteiger partial charge in [0.1, 0.15) is 5.82 Å². The number of amides is 1. The summed E-state index contributed by atoms with van der Waals surface area (Å²) < 4.78 is 21.3. The number of benzene rings is 1. The summed E-state index contributed by atoms with van der Waals surface area (Å²) in [4.78, 5) is 23.0. The molecule has 38 heavy (non-hydrogen) atoms. The highest BCUT2D eigenvalue weighted by molar-refractivity contribution is 7.35. The van der Waals surface area contributed by atoms with Crippen molar-refractivity contribution in [3.05, 3.63) is 59.2 Å². The van der Waals surface area contributed by atoms with Gasteiger partial charge in [0.25, 0.3) is 0 Å². The SMILES string of the molecule is CC(C)[C@@H]1COCCN1CPN(CC(=O)N1CC(C)(C)c2ncc(Cc3ccc(F)cc3)cc21)C[C@@H](C)N. The Morgan fingerprint density at radius 1 is 1.26 bits per heavy atom. The number of morpholine rings is 1. The zero-order valence-corrected chi connectivity index (χ0v) is 24.4. The van der Waals surface area contributed by atoms with E-state index < -0.39 is 0 Å². The fourth-order valence-corrected chi connectivity index (χ4v) is 6.81. The van der Waals surface area contributed by atoms with Crippen LogP contribution in [0.15, 0.2) is 36.5 Å². The smallest absolute Gasteiger partial charge is 0.241 e. The molecule has 0 radical (unpaired) electrons. The number of pyridine rings is 1. The fraction of sp³-hybridized carbons (Fsp3) is 0.586. The molecule has 2 aliphatic heterocycles. The number of ether oxygens (including phenoxy) is 1. The molecule has 0 bridgehead atoms. The summed E-state index contributed by atoms with van der Waals surface area (Å²) in [6, 6.07) is 9.00. The topological polar surface area (TPSA) is 74.9 Å². The molecular weight excluding hydrogens is 500 g/mol. The first-order valence-corrected chi connectivity index (χ1v) is 14.8. The first-order valence-electron chi connectivity index (χ1n) is 13.6. The Labute approximate surface area is 228 Å². The van der Waals surface area contributed by atoms with Gasteiger partial charge in [-0.05, 0) is 57.3 Å². The van der Waals surface area contributed by atoms with Gasteiger partial charge < -0.3 is 15.4 Å². The molecule has 3 atom stereocenters. The van der Waals surface area contributed by atoms with Crippen LogP contribution in [0.25, 0.3) is 0 Å². The molecule has 0 aliphatic carbocycles. The summed E-state index contributed by atoms with van der Waals surface area (Å²) in [5, 5.41) is 0. The quantitative estimate of drug-likeness (QED) is 0.457. The molecule has 1 amide bonds. The van der Waals surface area contributed by atoms with E-state index in [1.807, 2.05) is 18.0 Å². The molecule has 208 valence electrons. The Kier molecular flexibility index (Phi) is 9.53. The Bertz CT molecular complexity index is 1090. The van der Waals surface area contributed by atoms with E-state index >= 15 is 0 Å². The third-order valence-electron chi connectivity index (χ3n) is 7.41. The molecule has 0 saturated carbocycles. The Morgan fingerprint density at radius 3 is 2.68 bits per heavy atom. The molecule has 1 aromatic heterocycles. The van der Waals surface area contributed by atoms with Gasteiger partial charge in [0.2, 0.25) is 5.91 Å². The van der Waals surface area contributed by atoms with Crippen LogP contribution >= 0.6 is 8.73 Å². The summed E-state index contributed by atoms with van der Waals surface area (Å²) in [7, 11) is 0.481. The fourth-order valence-electron chi connectivity index (χ4n) is 5.37. The average molecular weight is 544 g/mol. The lowest BCUT2D eigenvalue weighted by atomic mass is 9.91. The van der Waals surface area contributed by atoms with Crippen LogP contribution in [0.4, 0.5) is 10.1 Å². The van der Waals surface area contributed by atoms with E-state index in [2.05, 4.69) is 43.3 Å². The molecule has 2 N–H and O–H groups in total. The predicted molar refractivity (Wildman–Crippen MR) is 153 cm³/mol. The first kappa shape index (κ1) is 29.0. The zero-order valence-electron chi connectivity index (χ0n) is 23.4. The predicted octanol–water partition coefficient (Wildman–Crippen LogP) is 3.99. The van der Waals surface area contributed by atoms with Crippen LogP contribution in [-0.4, -0.2) is 78.2 Å². The van der Waals surface area contributed by atoms with Crippen LogP contribution < -0.4 is 10.6 Å². The largest absolute Gasteiger partial charge is 0.378 e. The number of fused-ring (bicyclic) bond motifs is 1. The van der Waals surface area contributed by atoms with Gasteiger partial charge in [0, 0.05) is 49.6 Å². The van der Waals surface area contributed by atoms with Crippen molar-refractivity contribution in [3.8, 4) is 0 Å². The van der Waals surface area contributed by atoms with Gasteiger partial charge in [0.05, 0.1) is 31.1 Å². The van der Waals surface area contributed by atoms with Crippen molar-refractivity contribution < 1.29 is 13.9 Å². The lowest BCUT2D eigenvalue weighted by Gasteiger charge is -2.39. The second kappa shape index (κ2) is 12.5. The number of rotatable bonds is 10. The van der Waals surface area contributed by atoms with Gasteiger partial charge in [0.15, 0.2) is 0 Å². The number of carbonyl (C=O) groups is 1. The van der Waals surface area contributed by atoms with Crippen molar-refractivity contribution in [3.63, 3.8) is 0 Å². The van der Waals surface area contributed by atoms with Crippen molar-refractivity contribution in [2.24, 2.45) is 11.7 Å². The van der Waals surface area contributed by atoms with E-state index in [-0.39, 0.29) is 23.2 Å². The minimum absolute atomic E-state index is 0.0211. The van der Waals surface area contributed by atoms with Gasteiger partial charge >= 0.3 is 0 Å². The van der Waals surface area contributed by atoms with Crippen molar-refractivity contribution in [2.75, 3.05) is 50.6 Å². The van der Waals surface area contributed by atoms with Crippen molar-refractivity contribution in [1.82, 2.24) is 14.6 Å². The molecule has 7 nitrogen and oxygen atoms in total. The maximum Gasteiger partial charge on any atom is 0.241 e. The highest BCUT2D eigenvalue weighted by Gasteiger charge is 2.40. The van der Waals surface area contributed by atoms with Gasteiger partial charge in [-0.2, -0.15) is 0 Å². The molecule has 1 fully saturated rings. The van der Waals surface area contributed by atoms with Crippen molar-refractivity contribution in [1.29, 1.82) is 0 Å². The standard InChI is InChI=1S/C29H43FN5O2P/c1-20(2)26-17-37-11-10-33(26)19-38-34(15-21(3)31)16-27(36)35-18-29(4,5)28-25(35)13-23(14-32-28)12-22-6-8-24(30)9-7-22/h6-9,13-14,20-21,26,38H,10-12,15-19,31H2,1-5H3/t21-,26+/m1/s1. The number of nitrogens with two attached hydrogens (primary N) is 1. The van der Waals surface area contributed by atoms with Crippen molar-refractivity contribution >= 4 is 20.3 Å². The normalized spacial score (nSPS) is 20.6. The Hall–Kier alpha value is -1.96. The highest BCUT2D eigenvalue weighted by Crippen LogP contribution is 2.40. The lowest BCUT2D eigenvalue weighted by molar-refractivity contribution is -0.118. The molecular formula is C29H43FN5O2P. The van der Waals surface area contributed by atoms with Crippen LogP contribution in [0, 0.1) is 11.7 Å². The number of anilines is 1. The molecule has 3 heterocycles. The first-order chi connectivity index (χ1) is 18.0.